The lowest BCUT2D eigenvalue weighted by atomic mass is 9.96. The summed E-state index contributed by atoms with van der Waals surface area (Å²) in [4.78, 5) is 0. The predicted octanol–water partition coefficient (Wildman–Crippen LogP) is 5.64. The minimum atomic E-state index is -0.226. The van der Waals surface area contributed by atoms with Gasteiger partial charge in [-0.1, -0.05) is 48.0 Å². The SMILES string of the molecule is CCOc1ccc(C2=NN3[C@H](C2)c2ccccc2O[C@@H]3c2ccc(C)cc2)cc1. The number of hydrogen-bond donors (Lipinski definition) is 0. The Hall–Kier alpha value is -3.27. The Balaban J connectivity index is 1.52. The molecule has 4 nitrogen and oxygen atoms in total. The molecule has 2 aliphatic rings. The van der Waals surface area contributed by atoms with Crippen LogP contribution < -0.4 is 9.47 Å². The average molecular weight is 384 g/mol. The number of nitrogens with zero attached hydrogens (tertiary/aromatic N) is 2. The molecule has 2 atom stereocenters. The summed E-state index contributed by atoms with van der Waals surface area (Å²) in [5, 5.41) is 7.14. The lowest BCUT2D eigenvalue weighted by Crippen LogP contribution is -2.33. The van der Waals surface area contributed by atoms with Crippen molar-refractivity contribution in [2.45, 2.75) is 32.5 Å². The van der Waals surface area contributed by atoms with Gasteiger partial charge in [0.2, 0.25) is 6.23 Å². The standard InChI is InChI=1S/C25H24N2O2/c1-3-28-20-14-12-18(13-15-20)22-16-23-21-6-4-5-7-24(21)29-25(27(23)26-22)19-10-8-17(2)9-11-19/h4-15,23,25H,3,16H2,1-2H3/t23-,25-/m1/s1. The molecular formula is C25H24N2O2. The summed E-state index contributed by atoms with van der Waals surface area (Å²) in [6.45, 7) is 4.76. The van der Waals surface area contributed by atoms with Gasteiger partial charge in [-0.05, 0) is 49.7 Å². The van der Waals surface area contributed by atoms with E-state index >= 15 is 0 Å². The van der Waals surface area contributed by atoms with Gasteiger partial charge < -0.3 is 9.47 Å². The first-order chi connectivity index (χ1) is 14.2. The van der Waals surface area contributed by atoms with E-state index in [1.54, 1.807) is 0 Å². The van der Waals surface area contributed by atoms with E-state index in [0.717, 1.165) is 34.8 Å². The van der Waals surface area contributed by atoms with Gasteiger partial charge in [0, 0.05) is 17.5 Å². The van der Waals surface area contributed by atoms with Crippen LogP contribution in [-0.2, 0) is 0 Å². The first-order valence-corrected chi connectivity index (χ1v) is 10.1. The molecule has 2 heterocycles. The molecule has 0 fully saturated rings. The van der Waals surface area contributed by atoms with E-state index in [1.165, 1.54) is 11.1 Å². The van der Waals surface area contributed by atoms with Crippen LogP contribution in [0.5, 0.6) is 11.5 Å². The van der Waals surface area contributed by atoms with Crippen LogP contribution in [0.25, 0.3) is 0 Å². The molecule has 0 N–H and O–H groups in total. The van der Waals surface area contributed by atoms with Gasteiger partial charge >= 0.3 is 0 Å². The number of hydrazone groups is 1. The summed E-state index contributed by atoms with van der Waals surface area (Å²) < 4.78 is 12.0. The molecule has 0 unspecified atom stereocenters. The zero-order chi connectivity index (χ0) is 19.8. The molecule has 3 aromatic carbocycles. The van der Waals surface area contributed by atoms with Gasteiger partial charge in [-0.25, -0.2) is 5.01 Å². The summed E-state index contributed by atoms with van der Waals surface area (Å²) in [7, 11) is 0. The molecule has 0 bridgehead atoms. The van der Waals surface area contributed by atoms with Crippen molar-refractivity contribution < 1.29 is 9.47 Å². The minimum absolute atomic E-state index is 0.174. The van der Waals surface area contributed by atoms with Crippen molar-refractivity contribution in [3.63, 3.8) is 0 Å². The van der Waals surface area contributed by atoms with Crippen LogP contribution in [0.4, 0.5) is 0 Å². The lowest BCUT2D eigenvalue weighted by Gasteiger charge is -2.38. The summed E-state index contributed by atoms with van der Waals surface area (Å²) in [6, 6.07) is 25.2. The summed E-state index contributed by atoms with van der Waals surface area (Å²) in [5.74, 6) is 1.83. The van der Waals surface area contributed by atoms with Gasteiger partial charge in [-0.2, -0.15) is 5.10 Å². The van der Waals surface area contributed by atoms with Gasteiger partial charge in [-0.15, -0.1) is 0 Å². The molecule has 2 aliphatic heterocycles. The van der Waals surface area contributed by atoms with Gasteiger partial charge in [0.05, 0.1) is 18.4 Å². The first-order valence-electron chi connectivity index (χ1n) is 10.1. The van der Waals surface area contributed by atoms with Crippen LogP contribution in [0.2, 0.25) is 0 Å². The summed E-state index contributed by atoms with van der Waals surface area (Å²) in [6.07, 6.45) is 0.632. The number of benzene rings is 3. The molecule has 3 aromatic rings. The van der Waals surface area contributed by atoms with E-state index in [1.807, 2.05) is 25.1 Å². The van der Waals surface area contributed by atoms with Crippen molar-refractivity contribution in [1.82, 2.24) is 5.01 Å². The Labute approximate surface area is 171 Å². The van der Waals surface area contributed by atoms with Gasteiger partial charge in [0.25, 0.3) is 0 Å². The number of para-hydroxylation sites is 1. The number of fused-ring (bicyclic) bond motifs is 3. The van der Waals surface area contributed by atoms with Crippen molar-refractivity contribution in [2.24, 2.45) is 5.10 Å². The Morgan fingerprint density at radius 1 is 1.00 bits per heavy atom. The fraction of sp³-hybridized carbons (Fsp3) is 0.240. The molecule has 146 valence electrons. The maximum Gasteiger partial charge on any atom is 0.213 e. The van der Waals surface area contributed by atoms with Gasteiger partial charge in [-0.3, -0.25) is 0 Å². The molecule has 0 spiro atoms. The Kier molecular flexibility index (Phi) is 4.47. The van der Waals surface area contributed by atoms with E-state index in [0.29, 0.717) is 6.61 Å². The average Bonchev–Trinajstić information content (AvgIpc) is 3.20. The first kappa shape index (κ1) is 17.8. The van der Waals surface area contributed by atoms with Crippen molar-refractivity contribution in [3.8, 4) is 11.5 Å². The third kappa shape index (κ3) is 3.25. The zero-order valence-electron chi connectivity index (χ0n) is 16.7. The molecule has 0 aromatic heterocycles. The largest absolute Gasteiger partial charge is 0.494 e. The van der Waals surface area contributed by atoms with Gasteiger partial charge in [0.15, 0.2) is 0 Å². The second-order valence-corrected chi connectivity index (χ2v) is 7.52. The van der Waals surface area contributed by atoms with Crippen molar-refractivity contribution >= 4 is 5.71 Å². The molecule has 0 radical (unpaired) electrons. The second kappa shape index (κ2) is 7.28. The molecule has 0 amide bonds. The molecular weight excluding hydrogens is 360 g/mol. The van der Waals surface area contributed by atoms with E-state index in [4.69, 9.17) is 14.6 Å². The Morgan fingerprint density at radius 3 is 2.52 bits per heavy atom. The fourth-order valence-electron chi connectivity index (χ4n) is 4.07. The Bertz CT molecular complexity index is 1040. The van der Waals surface area contributed by atoms with E-state index in [9.17, 15) is 0 Å². The predicted molar refractivity (Wildman–Crippen MR) is 114 cm³/mol. The highest BCUT2D eigenvalue weighted by atomic mass is 16.5. The third-order valence-corrected chi connectivity index (χ3v) is 5.56. The van der Waals surface area contributed by atoms with Crippen LogP contribution in [0.15, 0.2) is 77.9 Å². The smallest absolute Gasteiger partial charge is 0.213 e. The molecule has 4 heteroatoms. The quantitative estimate of drug-likeness (QED) is 0.584. The highest BCUT2D eigenvalue weighted by Gasteiger charge is 2.40. The topological polar surface area (TPSA) is 34.1 Å². The van der Waals surface area contributed by atoms with Crippen LogP contribution in [0.1, 0.15) is 47.9 Å². The van der Waals surface area contributed by atoms with Crippen LogP contribution in [-0.4, -0.2) is 17.3 Å². The molecule has 0 aliphatic carbocycles. The van der Waals surface area contributed by atoms with Crippen molar-refractivity contribution in [1.29, 1.82) is 0 Å². The van der Waals surface area contributed by atoms with Crippen molar-refractivity contribution in [3.05, 3.63) is 95.1 Å². The number of ether oxygens (including phenoxy) is 2. The normalized spacial score (nSPS) is 19.8. The summed E-state index contributed by atoms with van der Waals surface area (Å²) >= 11 is 0. The molecule has 0 saturated heterocycles. The highest BCUT2D eigenvalue weighted by molar-refractivity contribution is 6.02. The van der Waals surface area contributed by atoms with Crippen molar-refractivity contribution in [2.75, 3.05) is 6.61 Å². The van der Waals surface area contributed by atoms with E-state index in [2.05, 4.69) is 66.5 Å². The van der Waals surface area contributed by atoms with E-state index in [-0.39, 0.29) is 12.3 Å². The third-order valence-electron chi connectivity index (χ3n) is 5.56. The maximum absolute atomic E-state index is 6.41. The number of hydrogen-bond acceptors (Lipinski definition) is 4. The number of rotatable bonds is 4. The molecule has 5 rings (SSSR count). The highest BCUT2D eigenvalue weighted by Crippen LogP contribution is 2.47. The van der Waals surface area contributed by atoms with Crippen LogP contribution in [0.3, 0.4) is 0 Å². The lowest BCUT2D eigenvalue weighted by molar-refractivity contribution is -0.0190. The second-order valence-electron chi connectivity index (χ2n) is 7.52. The van der Waals surface area contributed by atoms with E-state index < -0.39 is 0 Å². The van der Waals surface area contributed by atoms with Crippen LogP contribution >= 0.6 is 0 Å². The molecule has 0 saturated carbocycles. The monoisotopic (exact) mass is 384 g/mol. The zero-order valence-corrected chi connectivity index (χ0v) is 16.7. The number of aryl methyl sites for hydroxylation is 1. The van der Waals surface area contributed by atoms with Crippen LogP contribution in [0, 0.1) is 6.92 Å². The minimum Gasteiger partial charge on any atom is -0.494 e. The fourth-order valence-corrected chi connectivity index (χ4v) is 4.07. The summed E-state index contributed by atoms with van der Waals surface area (Å²) in [5.41, 5.74) is 5.76. The maximum atomic E-state index is 6.41. The van der Waals surface area contributed by atoms with Gasteiger partial charge in [0.1, 0.15) is 11.5 Å². The molecule has 29 heavy (non-hydrogen) atoms. The Morgan fingerprint density at radius 2 is 1.76 bits per heavy atom.